The van der Waals surface area contributed by atoms with Gasteiger partial charge in [-0.1, -0.05) is 38.7 Å². The number of hydrogen-bond acceptors (Lipinski definition) is 0. The maximum Gasteiger partial charge on any atom is -0.0133 e. The molecule has 0 radical (unpaired) electrons. The van der Waals surface area contributed by atoms with Crippen molar-refractivity contribution in [3.8, 4) is 0 Å². The number of allylic oxidation sites excluding steroid dienone is 5. The van der Waals surface area contributed by atoms with Crippen molar-refractivity contribution in [2.45, 2.75) is 33.6 Å². The Balaban J connectivity index is 2.92. The molecule has 0 nitrogen and oxygen atoms in total. The minimum Gasteiger partial charge on any atom is -0.0991 e. The van der Waals surface area contributed by atoms with E-state index in [9.17, 15) is 0 Å². The Kier molecular flexibility index (Phi) is 3.53. The zero-order valence-corrected chi connectivity index (χ0v) is 9.01. The SMILES string of the molecule is C=C/C=C1\C(=C/C)CCC1C(C)C. The van der Waals surface area contributed by atoms with E-state index >= 15 is 0 Å². The van der Waals surface area contributed by atoms with Crippen molar-refractivity contribution in [1.82, 2.24) is 0 Å². The fraction of sp³-hybridized carbons (Fsp3) is 0.538. The second kappa shape index (κ2) is 4.45. The third-order valence-corrected chi connectivity index (χ3v) is 2.95. The fourth-order valence-electron chi connectivity index (χ4n) is 2.21. The van der Waals surface area contributed by atoms with Crippen LogP contribution in [0.1, 0.15) is 33.6 Å². The summed E-state index contributed by atoms with van der Waals surface area (Å²) in [6.45, 7) is 10.5. The topological polar surface area (TPSA) is 0 Å². The van der Waals surface area contributed by atoms with Gasteiger partial charge in [-0.15, -0.1) is 0 Å². The van der Waals surface area contributed by atoms with Crippen LogP contribution in [-0.2, 0) is 0 Å². The molecule has 0 heterocycles. The third kappa shape index (κ3) is 2.12. The van der Waals surface area contributed by atoms with Gasteiger partial charge in [0.25, 0.3) is 0 Å². The van der Waals surface area contributed by atoms with E-state index in [0.29, 0.717) is 0 Å². The smallest absolute Gasteiger partial charge is 0.0133 e. The lowest BCUT2D eigenvalue weighted by molar-refractivity contribution is 0.453. The summed E-state index contributed by atoms with van der Waals surface area (Å²) in [6, 6.07) is 0. The highest BCUT2D eigenvalue weighted by Gasteiger charge is 2.26. The summed E-state index contributed by atoms with van der Waals surface area (Å²) in [7, 11) is 0. The van der Waals surface area contributed by atoms with E-state index < -0.39 is 0 Å². The van der Waals surface area contributed by atoms with E-state index in [-0.39, 0.29) is 0 Å². The van der Waals surface area contributed by atoms with Crippen LogP contribution in [0.15, 0.2) is 36.0 Å². The van der Waals surface area contributed by atoms with Gasteiger partial charge in [0.05, 0.1) is 0 Å². The van der Waals surface area contributed by atoms with Crippen molar-refractivity contribution in [2.24, 2.45) is 11.8 Å². The van der Waals surface area contributed by atoms with Gasteiger partial charge in [0.2, 0.25) is 0 Å². The van der Waals surface area contributed by atoms with Crippen LogP contribution in [0.25, 0.3) is 0 Å². The Morgan fingerprint density at radius 1 is 1.46 bits per heavy atom. The van der Waals surface area contributed by atoms with Gasteiger partial charge in [-0.25, -0.2) is 0 Å². The molecule has 0 aromatic rings. The van der Waals surface area contributed by atoms with Crippen molar-refractivity contribution in [2.75, 3.05) is 0 Å². The van der Waals surface area contributed by atoms with Crippen LogP contribution in [0.3, 0.4) is 0 Å². The molecule has 0 aromatic heterocycles. The predicted molar refractivity (Wildman–Crippen MR) is 59.6 cm³/mol. The van der Waals surface area contributed by atoms with Gasteiger partial charge in [0.15, 0.2) is 0 Å². The molecule has 0 N–H and O–H groups in total. The average Bonchev–Trinajstić information content (AvgIpc) is 2.48. The third-order valence-electron chi connectivity index (χ3n) is 2.95. The standard InChI is InChI=1S/C13H20/c1-5-7-13-11(6-2)8-9-12(13)10(3)4/h5-7,10,12H,1,8-9H2,2-4H3/b11-6-,13-7+. The number of hydrogen-bond donors (Lipinski definition) is 0. The lowest BCUT2D eigenvalue weighted by Crippen LogP contribution is -2.05. The summed E-state index contributed by atoms with van der Waals surface area (Å²) in [6.07, 6.45) is 8.92. The second-order valence-corrected chi connectivity index (χ2v) is 4.06. The molecule has 0 spiro atoms. The van der Waals surface area contributed by atoms with E-state index in [1.54, 1.807) is 0 Å². The maximum atomic E-state index is 3.78. The molecular weight excluding hydrogens is 156 g/mol. The summed E-state index contributed by atoms with van der Waals surface area (Å²) in [5.74, 6) is 1.51. The van der Waals surface area contributed by atoms with Crippen LogP contribution < -0.4 is 0 Å². The zero-order chi connectivity index (χ0) is 9.84. The molecule has 0 saturated heterocycles. The van der Waals surface area contributed by atoms with E-state index in [1.165, 1.54) is 24.0 Å². The highest BCUT2D eigenvalue weighted by atomic mass is 14.3. The molecule has 1 unspecified atom stereocenters. The molecule has 1 saturated carbocycles. The molecule has 1 aliphatic rings. The van der Waals surface area contributed by atoms with Crippen LogP contribution in [0.4, 0.5) is 0 Å². The Morgan fingerprint density at radius 3 is 2.62 bits per heavy atom. The largest absolute Gasteiger partial charge is 0.0991 e. The summed E-state index contributed by atoms with van der Waals surface area (Å²) < 4.78 is 0. The lowest BCUT2D eigenvalue weighted by Gasteiger charge is -2.16. The summed E-state index contributed by atoms with van der Waals surface area (Å²) in [4.78, 5) is 0. The Hall–Kier alpha value is -0.780. The number of rotatable bonds is 2. The van der Waals surface area contributed by atoms with Crippen molar-refractivity contribution in [3.05, 3.63) is 36.0 Å². The minimum absolute atomic E-state index is 0.753. The van der Waals surface area contributed by atoms with Gasteiger partial charge < -0.3 is 0 Å². The van der Waals surface area contributed by atoms with Gasteiger partial charge in [0, 0.05) is 0 Å². The highest BCUT2D eigenvalue weighted by Crippen LogP contribution is 2.40. The van der Waals surface area contributed by atoms with Crippen LogP contribution in [0.5, 0.6) is 0 Å². The van der Waals surface area contributed by atoms with Gasteiger partial charge in [0.1, 0.15) is 0 Å². The van der Waals surface area contributed by atoms with E-state index in [2.05, 4.69) is 39.5 Å². The molecule has 13 heavy (non-hydrogen) atoms. The molecule has 0 aliphatic heterocycles. The van der Waals surface area contributed by atoms with Gasteiger partial charge in [-0.2, -0.15) is 0 Å². The molecule has 1 rings (SSSR count). The second-order valence-electron chi connectivity index (χ2n) is 4.06. The Morgan fingerprint density at radius 2 is 2.15 bits per heavy atom. The first-order valence-corrected chi connectivity index (χ1v) is 5.18. The fourth-order valence-corrected chi connectivity index (χ4v) is 2.21. The Bertz CT molecular complexity index is 241. The molecule has 0 amide bonds. The quantitative estimate of drug-likeness (QED) is 0.594. The first-order valence-electron chi connectivity index (χ1n) is 5.18. The monoisotopic (exact) mass is 176 g/mol. The van der Waals surface area contributed by atoms with Gasteiger partial charge in [-0.3, -0.25) is 0 Å². The maximum absolute atomic E-state index is 3.78. The van der Waals surface area contributed by atoms with Gasteiger partial charge in [-0.05, 0) is 42.7 Å². The molecule has 1 fully saturated rings. The van der Waals surface area contributed by atoms with Crippen molar-refractivity contribution >= 4 is 0 Å². The average molecular weight is 176 g/mol. The lowest BCUT2D eigenvalue weighted by atomic mass is 9.89. The molecule has 1 aliphatic carbocycles. The van der Waals surface area contributed by atoms with E-state index in [1.807, 2.05) is 6.08 Å². The molecule has 0 bridgehead atoms. The molecule has 0 heteroatoms. The zero-order valence-electron chi connectivity index (χ0n) is 9.01. The summed E-state index contributed by atoms with van der Waals surface area (Å²) >= 11 is 0. The van der Waals surface area contributed by atoms with Crippen LogP contribution in [0, 0.1) is 11.8 Å². The van der Waals surface area contributed by atoms with Gasteiger partial charge >= 0.3 is 0 Å². The predicted octanol–water partition coefficient (Wildman–Crippen LogP) is 4.11. The molecule has 1 atom stereocenters. The van der Waals surface area contributed by atoms with Crippen molar-refractivity contribution < 1.29 is 0 Å². The van der Waals surface area contributed by atoms with Crippen molar-refractivity contribution in [1.29, 1.82) is 0 Å². The van der Waals surface area contributed by atoms with Crippen LogP contribution in [0.2, 0.25) is 0 Å². The molecular formula is C13H20. The first-order chi connectivity index (χ1) is 6.20. The van der Waals surface area contributed by atoms with E-state index in [0.717, 1.165) is 11.8 Å². The Labute approximate surface area is 82.0 Å². The normalized spacial score (nSPS) is 29.1. The molecule has 0 aromatic carbocycles. The summed E-state index contributed by atoms with van der Waals surface area (Å²) in [5, 5.41) is 0. The van der Waals surface area contributed by atoms with Crippen LogP contribution in [-0.4, -0.2) is 0 Å². The van der Waals surface area contributed by atoms with Crippen LogP contribution >= 0.6 is 0 Å². The van der Waals surface area contributed by atoms with E-state index in [4.69, 9.17) is 0 Å². The van der Waals surface area contributed by atoms with Crippen molar-refractivity contribution in [3.63, 3.8) is 0 Å². The molecule has 72 valence electrons. The minimum atomic E-state index is 0.753. The summed E-state index contributed by atoms with van der Waals surface area (Å²) in [5.41, 5.74) is 3.05. The highest BCUT2D eigenvalue weighted by molar-refractivity contribution is 5.39. The first kappa shape index (κ1) is 10.3.